The first-order valence-corrected chi connectivity index (χ1v) is 17.4. The van der Waals surface area contributed by atoms with Gasteiger partial charge in [-0.05, 0) is 36.4 Å². The van der Waals surface area contributed by atoms with Crippen LogP contribution in [0.1, 0.15) is 0 Å². The van der Waals surface area contributed by atoms with Gasteiger partial charge in [-0.15, -0.1) is 0 Å². The molecular formula is C45H42O12. The summed E-state index contributed by atoms with van der Waals surface area (Å²) in [4.78, 5) is 33.3. The van der Waals surface area contributed by atoms with Crippen LogP contribution in [0.25, 0.3) is 33.4 Å². The fraction of sp³-hybridized carbons (Fsp3) is 0.133. The SMILES string of the molecule is COC(=O)COc1ccccc1-c1ccccc1O.COC(=O)COc1ccccc1-c1ccccc1O.COC(=O)COc1ccccc1-c1ccccc1O. The van der Waals surface area contributed by atoms with Crippen molar-refractivity contribution in [3.63, 3.8) is 0 Å². The summed E-state index contributed by atoms with van der Waals surface area (Å²) >= 11 is 0. The highest BCUT2D eigenvalue weighted by molar-refractivity contribution is 5.79. The quantitative estimate of drug-likeness (QED) is 0.0816. The van der Waals surface area contributed by atoms with Gasteiger partial charge in [-0.2, -0.15) is 0 Å². The Morgan fingerprint density at radius 2 is 0.561 bits per heavy atom. The summed E-state index contributed by atoms with van der Waals surface area (Å²) in [7, 11) is 3.92. The molecule has 0 aliphatic heterocycles. The predicted octanol–water partition coefficient (Wildman–Crippen LogP) is 7.83. The lowest BCUT2D eigenvalue weighted by atomic mass is 10.0. The number of methoxy groups -OCH3 is 3. The second-order valence-corrected chi connectivity index (χ2v) is 11.6. The first-order chi connectivity index (χ1) is 27.7. The minimum absolute atomic E-state index is 0.164. The Morgan fingerprint density at radius 1 is 0.351 bits per heavy atom. The van der Waals surface area contributed by atoms with Crippen molar-refractivity contribution in [2.75, 3.05) is 41.2 Å². The van der Waals surface area contributed by atoms with Gasteiger partial charge in [-0.1, -0.05) is 109 Å². The Balaban J connectivity index is 0.000000189. The Morgan fingerprint density at radius 3 is 0.789 bits per heavy atom. The van der Waals surface area contributed by atoms with E-state index in [4.69, 9.17) is 14.2 Å². The highest BCUT2D eigenvalue weighted by Gasteiger charge is 2.13. The van der Waals surface area contributed by atoms with E-state index in [1.807, 2.05) is 54.6 Å². The fourth-order valence-electron chi connectivity index (χ4n) is 5.14. The van der Waals surface area contributed by atoms with Gasteiger partial charge in [0.05, 0.1) is 21.3 Å². The van der Waals surface area contributed by atoms with Crippen molar-refractivity contribution in [2.45, 2.75) is 0 Å². The zero-order chi connectivity index (χ0) is 41.0. The maximum atomic E-state index is 11.1. The number of rotatable bonds is 12. The Hall–Kier alpha value is -7.47. The molecule has 6 aromatic carbocycles. The zero-order valence-corrected chi connectivity index (χ0v) is 31.5. The van der Waals surface area contributed by atoms with Gasteiger partial charge in [0, 0.05) is 33.4 Å². The molecule has 57 heavy (non-hydrogen) atoms. The standard InChI is InChI=1S/3C15H14O4/c3*1-18-15(17)10-19-14-9-5-3-7-12(14)11-6-2-4-8-13(11)16/h3*2-9,16H,10H2,1H3. The third-order valence-electron chi connectivity index (χ3n) is 7.96. The smallest absolute Gasteiger partial charge is 0.343 e. The molecule has 0 fully saturated rings. The lowest BCUT2D eigenvalue weighted by Gasteiger charge is -2.11. The summed E-state index contributed by atoms with van der Waals surface area (Å²) in [6.07, 6.45) is 0. The third-order valence-corrected chi connectivity index (χ3v) is 7.96. The highest BCUT2D eigenvalue weighted by Crippen LogP contribution is 2.37. The maximum absolute atomic E-state index is 11.1. The normalized spacial score (nSPS) is 9.95. The zero-order valence-electron chi connectivity index (χ0n) is 31.5. The molecule has 12 nitrogen and oxygen atoms in total. The molecule has 0 aliphatic carbocycles. The lowest BCUT2D eigenvalue weighted by molar-refractivity contribution is -0.143. The van der Waals surface area contributed by atoms with Crippen molar-refractivity contribution in [1.29, 1.82) is 0 Å². The van der Waals surface area contributed by atoms with Crippen LogP contribution in [0.2, 0.25) is 0 Å². The van der Waals surface area contributed by atoms with Crippen molar-refractivity contribution in [1.82, 2.24) is 0 Å². The first-order valence-electron chi connectivity index (χ1n) is 17.4. The van der Waals surface area contributed by atoms with Crippen LogP contribution in [-0.2, 0) is 28.6 Å². The van der Waals surface area contributed by atoms with Crippen molar-refractivity contribution in [2.24, 2.45) is 0 Å². The van der Waals surface area contributed by atoms with Gasteiger partial charge in [-0.3, -0.25) is 0 Å². The number of para-hydroxylation sites is 6. The van der Waals surface area contributed by atoms with Crippen LogP contribution in [0.4, 0.5) is 0 Å². The van der Waals surface area contributed by atoms with E-state index < -0.39 is 17.9 Å². The van der Waals surface area contributed by atoms with E-state index in [1.165, 1.54) is 21.3 Å². The van der Waals surface area contributed by atoms with Gasteiger partial charge in [0.1, 0.15) is 34.5 Å². The average molecular weight is 775 g/mol. The molecule has 0 spiro atoms. The molecule has 0 amide bonds. The predicted molar refractivity (Wildman–Crippen MR) is 213 cm³/mol. The molecule has 12 heteroatoms. The van der Waals surface area contributed by atoms with E-state index >= 15 is 0 Å². The summed E-state index contributed by atoms with van der Waals surface area (Å²) in [5.74, 6) is 0.703. The first kappa shape index (κ1) is 42.3. The number of ether oxygens (including phenoxy) is 6. The molecule has 0 saturated carbocycles. The van der Waals surface area contributed by atoms with Crippen molar-refractivity contribution < 1.29 is 58.1 Å². The van der Waals surface area contributed by atoms with E-state index in [-0.39, 0.29) is 37.1 Å². The molecule has 0 aromatic heterocycles. The van der Waals surface area contributed by atoms with Crippen LogP contribution >= 0.6 is 0 Å². The van der Waals surface area contributed by atoms with E-state index in [2.05, 4.69) is 14.2 Å². The molecule has 0 atom stereocenters. The van der Waals surface area contributed by atoms with Crippen molar-refractivity contribution >= 4 is 17.9 Å². The van der Waals surface area contributed by atoms with Crippen molar-refractivity contribution in [3.8, 4) is 67.9 Å². The Bertz CT molecular complexity index is 1980. The van der Waals surface area contributed by atoms with Crippen LogP contribution in [0.15, 0.2) is 146 Å². The lowest BCUT2D eigenvalue weighted by Crippen LogP contribution is -2.12. The second-order valence-electron chi connectivity index (χ2n) is 11.6. The van der Waals surface area contributed by atoms with E-state index in [0.717, 1.165) is 16.7 Å². The number of hydrogen-bond donors (Lipinski definition) is 3. The summed E-state index contributed by atoms with van der Waals surface area (Å²) in [5, 5.41) is 29.6. The number of phenols is 3. The van der Waals surface area contributed by atoms with Gasteiger partial charge in [0.2, 0.25) is 0 Å². The largest absolute Gasteiger partial charge is 0.507 e. The number of esters is 3. The van der Waals surface area contributed by atoms with Gasteiger partial charge in [0.15, 0.2) is 19.8 Å². The Kier molecular flexibility index (Phi) is 16.3. The van der Waals surface area contributed by atoms with Crippen LogP contribution in [0, 0.1) is 0 Å². The van der Waals surface area contributed by atoms with Gasteiger partial charge in [0.25, 0.3) is 0 Å². The summed E-state index contributed by atoms with van der Waals surface area (Å²) in [5.41, 5.74) is 4.15. The van der Waals surface area contributed by atoms with Gasteiger partial charge >= 0.3 is 17.9 Å². The molecule has 0 bridgehead atoms. The number of phenolic OH excluding ortho intramolecular Hbond substituents is 3. The van der Waals surface area contributed by atoms with E-state index in [1.54, 1.807) is 91.0 Å². The number of carbonyl (C=O) groups excluding carboxylic acids is 3. The molecule has 0 aliphatic rings. The van der Waals surface area contributed by atoms with Crippen LogP contribution in [-0.4, -0.2) is 74.4 Å². The Labute approximate surface area is 330 Å². The molecule has 6 aromatic rings. The number of carbonyl (C=O) groups is 3. The maximum Gasteiger partial charge on any atom is 0.343 e. The highest BCUT2D eigenvalue weighted by atomic mass is 16.6. The number of aromatic hydroxyl groups is 3. The summed E-state index contributed by atoms with van der Waals surface area (Å²) in [6, 6.07) is 42.5. The topological polar surface area (TPSA) is 167 Å². The minimum atomic E-state index is -0.452. The fourth-order valence-corrected chi connectivity index (χ4v) is 5.14. The van der Waals surface area contributed by atoms with E-state index in [0.29, 0.717) is 33.9 Å². The molecule has 0 radical (unpaired) electrons. The number of benzene rings is 6. The van der Waals surface area contributed by atoms with Crippen molar-refractivity contribution in [3.05, 3.63) is 146 Å². The summed E-state index contributed by atoms with van der Waals surface area (Å²) in [6.45, 7) is -0.497. The number of hydrogen-bond acceptors (Lipinski definition) is 12. The molecule has 0 saturated heterocycles. The minimum Gasteiger partial charge on any atom is -0.507 e. The van der Waals surface area contributed by atoms with Gasteiger partial charge < -0.3 is 43.7 Å². The molecule has 0 heterocycles. The van der Waals surface area contributed by atoms with Gasteiger partial charge in [-0.25, -0.2) is 14.4 Å². The van der Waals surface area contributed by atoms with Crippen LogP contribution in [0.3, 0.4) is 0 Å². The van der Waals surface area contributed by atoms with Crippen LogP contribution in [0.5, 0.6) is 34.5 Å². The van der Waals surface area contributed by atoms with E-state index in [9.17, 15) is 29.7 Å². The molecule has 294 valence electrons. The van der Waals surface area contributed by atoms with Crippen LogP contribution < -0.4 is 14.2 Å². The summed E-state index contributed by atoms with van der Waals surface area (Å²) < 4.78 is 29.8. The second kappa shape index (κ2) is 22.0. The monoisotopic (exact) mass is 774 g/mol. The average Bonchev–Trinajstić information content (AvgIpc) is 3.25. The molecule has 0 unspecified atom stereocenters. The third kappa shape index (κ3) is 12.5. The molecule has 3 N–H and O–H groups in total. The molecule has 6 rings (SSSR count). The molecular weight excluding hydrogens is 732 g/mol.